The van der Waals surface area contributed by atoms with Crippen LogP contribution < -0.4 is 10.6 Å². The number of hydrogen-bond acceptors (Lipinski definition) is 6. The van der Waals surface area contributed by atoms with Crippen molar-refractivity contribution in [2.45, 2.75) is 33.4 Å². The molecule has 0 fully saturated rings. The molecule has 4 aromatic rings. The number of fused-ring (bicyclic) bond motifs is 2. The molecule has 2 N–H and O–H groups in total. The van der Waals surface area contributed by atoms with Gasteiger partial charge in [0.2, 0.25) is 0 Å². The lowest BCUT2D eigenvalue weighted by atomic mass is 10.2. The Morgan fingerprint density at radius 1 is 1.19 bits per heavy atom. The van der Waals surface area contributed by atoms with Crippen LogP contribution in [-0.2, 0) is 6.54 Å². The largest absolute Gasteiger partial charge is 0.365 e. The van der Waals surface area contributed by atoms with E-state index in [2.05, 4.69) is 50.9 Å². The van der Waals surface area contributed by atoms with Crippen molar-refractivity contribution in [1.82, 2.24) is 15.3 Å². The highest BCUT2D eigenvalue weighted by Crippen LogP contribution is 2.34. The lowest BCUT2D eigenvalue weighted by Crippen LogP contribution is -2.29. The number of thiophene rings is 2. The molecule has 3 heterocycles. The summed E-state index contributed by atoms with van der Waals surface area (Å²) in [6, 6.07) is 10.7. The predicted molar refractivity (Wildman–Crippen MR) is 114 cm³/mol. The third-order valence-electron chi connectivity index (χ3n) is 4.26. The van der Waals surface area contributed by atoms with E-state index in [0.29, 0.717) is 11.4 Å². The molecule has 7 heteroatoms. The molecule has 4 rings (SSSR count). The zero-order valence-electron chi connectivity index (χ0n) is 15.4. The Kier molecular flexibility index (Phi) is 4.80. The lowest BCUT2D eigenvalue weighted by Gasteiger charge is -2.08. The SMILES string of the molecule is Cc1c(C(=O)NC(C)C)sc2ncnc(NCc3cc4ccccc4s3)c12. The standard InChI is InChI=1S/C20H20N4OS2/c1-11(2)24-19(25)17-12(3)16-18(22-10-23-20(16)27-17)21-9-14-8-13-6-4-5-7-15(13)26-14/h4-8,10-11H,9H2,1-3H3,(H,24,25)(H,21,22,23). The van der Waals surface area contributed by atoms with Crippen molar-refractivity contribution in [2.24, 2.45) is 0 Å². The number of hydrogen-bond donors (Lipinski definition) is 2. The summed E-state index contributed by atoms with van der Waals surface area (Å²) in [4.78, 5) is 24.0. The van der Waals surface area contributed by atoms with Gasteiger partial charge in [0.25, 0.3) is 5.91 Å². The van der Waals surface area contributed by atoms with Gasteiger partial charge in [0.15, 0.2) is 0 Å². The lowest BCUT2D eigenvalue weighted by molar-refractivity contribution is 0.0947. The van der Waals surface area contributed by atoms with Gasteiger partial charge >= 0.3 is 0 Å². The van der Waals surface area contributed by atoms with Gasteiger partial charge in [-0.15, -0.1) is 22.7 Å². The molecule has 0 atom stereocenters. The molecule has 0 saturated carbocycles. The number of nitrogens with one attached hydrogen (secondary N) is 2. The van der Waals surface area contributed by atoms with Crippen LogP contribution in [0.4, 0.5) is 5.82 Å². The average Bonchev–Trinajstić information content (AvgIpc) is 3.20. The van der Waals surface area contributed by atoms with Crippen molar-refractivity contribution in [1.29, 1.82) is 0 Å². The third-order valence-corrected chi connectivity index (χ3v) is 6.57. The topological polar surface area (TPSA) is 66.9 Å². The summed E-state index contributed by atoms with van der Waals surface area (Å²) in [5.41, 5.74) is 0.924. The maximum Gasteiger partial charge on any atom is 0.261 e. The smallest absolute Gasteiger partial charge is 0.261 e. The van der Waals surface area contributed by atoms with Gasteiger partial charge in [-0.05, 0) is 43.9 Å². The van der Waals surface area contributed by atoms with E-state index < -0.39 is 0 Å². The second-order valence-corrected chi connectivity index (χ2v) is 8.86. The monoisotopic (exact) mass is 396 g/mol. The van der Waals surface area contributed by atoms with Gasteiger partial charge in [-0.2, -0.15) is 0 Å². The maximum atomic E-state index is 12.5. The van der Waals surface area contributed by atoms with Crippen molar-refractivity contribution in [2.75, 3.05) is 5.32 Å². The number of aromatic nitrogens is 2. The number of carbonyl (C=O) groups excluding carboxylic acids is 1. The number of amides is 1. The summed E-state index contributed by atoms with van der Waals surface area (Å²) in [6.45, 7) is 6.56. The minimum absolute atomic E-state index is 0.0547. The molecule has 1 aromatic carbocycles. The van der Waals surface area contributed by atoms with E-state index in [9.17, 15) is 4.79 Å². The summed E-state index contributed by atoms with van der Waals surface area (Å²) < 4.78 is 1.28. The summed E-state index contributed by atoms with van der Waals surface area (Å²) in [7, 11) is 0. The van der Waals surface area contributed by atoms with Crippen LogP contribution in [0.25, 0.3) is 20.3 Å². The van der Waals surface area contributed by atoms with Crippen molar-refractivity contribution < 1.29 is 4.79 Å². The molecule has 5 nitrogen and oxygen atoms in total. The van der Waals surface area contributed by atoms with Gasteiger partial charge in [-0.25, -0.2) is 9.97 Å². The van der Waals surface area contributed by atoms with E-state index >= 15 is 0 Å². The zero-order valence-corrected chi connectivity index (χ0v) is 17.0. The Bertz CT molecular complexity index is 1100. The molecule has 0 bridgehead atoms. The van der Waals surface area contributed by atoms with Gasteiger partial charge in [0, 0.05) is 15.6 Å². The molecular weight excluding hydrogens is 376 g/mol. The maximum absolute atomic E-state index is 12.5. The molecule has 1 amide bonds. The predicted octanol–water partition coefficient (Wildman–Crippen LogP) is 4.96. The first-order chi connectivity index (χ1) is 13.0. The zero-order chi connectivity index (χ0) is 19.0. The van der Waals surface area contributed by atoms with E-state index in [1.807, 2.05) is 20.8 Å². The third kappa shape index (κ3) is 3.52. The summed E-state index contributed by atoms with van der Waals surface area (Å²) in [6.07, 6.45) is 1.55. The van der Waals surface area contributed by atoms with Crippen LogP contribution in [0.5, 0.6) is 0 Å². The van der Waals surface area contributed by atoms with E-state index in [4.69, 9.17) is 0 Å². The normalized spacial score (nSPS) is 11.4. The van der Waals surface area contributed by atoms with Gasteiger partial charge in [0.1, 0.15) is 17.0 Å². The second-order valence-electron chi connectivity index (χ2n) is 6.69. The average molecular weight is 397 g/mol. The first-order valence-electron chi connectivity index (χ1n) is 8.79. The van der Waals surface area contributed by atoms with Gasteiger partial charge in [0.05, 0.1) is 16.8 Å². The fraction of sp³-hybridized carbons (Fsp3) is 0.250. The molecule has 138 valence electrons. The highest BCUT2D eigenvalue weighted by atomic mass is 32.1. The van der Waals surface area contributed by atoms with Crippen molar-refractivity contribution in [3.8, 4) is 0 Å². The summed E-state index contributed by atoms with van der Waals surface area (Å²) in [5.74, 6) is 0.718. The molecule has 0 spiro atoms. The van der Waals surface area contributed by atoms with Gasteiger partial charge in [-0.1, -0.05) is 18.2 Å². The van der Waals surface area contributed by atoms with E-state index in [1.54, 1.807) is 17.7 Å². The second kappa shape index (κ2) is 7.25. The van der Waals surface area contributed by atoms with Crippen LogP contribution in [0.2, 0.25) is 0 Å². The first kappa shape index (κ1) is 17.9. The van der Waals surface area contributed by atoms with Gasteiger partial charge < -0.3 is 10.6 Å². The minimum atomic E-state index is -0.0547. The Labute approximate surface area is 165 Å². The fourth-order valence-corrected chi connectivity index (χ4v) is 5.10. The quantitative estimate of drug-likeness (QED) is 0.500. The number of nitrogens with zero attached hydrogens (tertiary/aromatic N) is 2. The van der Waals surface area contributed by atoms with Crippen LogP contribution in [0, 0.1) is 6.92 Å². The molecule has 0 aliphatic heterocycles. The summed E-state index contributed by atoms with van der Waals surface area (Å²) in [5, 5.41) is 8.57. The molecule has 0 aliphatic rings. The summed E-state index contributed by atoms with van der Waals surface area (Å²) >= 11 is 3.19. The van der Waals surface area contributed by atoms with Crippen LogP contribution in [0.3, 0.4) is 0 Å². The van der Waals surface area contributed by atoms with Crippen LogP contribution in [-0.4, -0.2) is 21.9 Å². The molecule has 0 unspecified atom stereocenters. The fourth-order valence-electron chi connectivity index (χ4n) is 3.04. The Morgan fingerprint density at radius 3 is 2.78 bits per heavy atom. The number of rotatable bonds is 5. The van der Waals surface area contributed by atoms with Gasteiger partial charge in [-0.3, -0.25) is 4.79 Å². The molecule has 3 aromatic heterocycles. The first-order valence-corrected chi connectivity index (χ1v) is 10.4. The molecule has 0 radical (unpaired) electrons. The van der Waals surface area contributed by atoms with Crippen LogP contribution in [0.1, 0.15) is 34.0 Å². The van der Waals surface area contributed by atoms with Crippen molar-refractivity contribution >= 4 is 54.7 Å². The van der Waals surface area contributed by atoms with Crippen LogP contribution >= 0.6 is 22.7 Å². The molecule has 0 saturated heterocycles. The molecule has 27 heavy (non-hydrogen) atoms. The Balaban J connectivity index is 1.63. The highest BCUT2D eigenvalue weighted by Gasteiger charge is 2.19. The van der Waals surface area contributed by atoms with Crippen LogP contribution in [0.15, 0.2) is 36.7 Å². The Morgan fingerprint density at radius 2 is 2.00 bits per heavy atom. The number of carbonyl (C=O) groups is 1. The van der Waals surface area contributed by atoms with Crippen molar-refractivity contribution in [3.05, 3.63) is 52.0 Å². The highest BCUT2D eigenvalue weighted by molar-refractivity contribution is 7.20. The van der Waals surface area contributed by atoms with E-state index in [1.165, 1.54) is 26.3 Å². The van der Waals surface area contributed by atoms with E-state index in [-0.39, 0.29) is 11.9 Å². The minimum Gasteiger partial charge on any atom is -0.365 e. The number of aryl methyl sites for hydroxylation is 1. The molecular formula is C20H20N4OS2. The van der Waals surface area contributed by atoms with E-state index in [0.717, 1.165) is 21.6 Å². The molecule has 0 aliphatic carbocycles. The number of benzene rings is 1. The Hall–Kier alpha value is -2.51. The number of anilines is 1. The van der Waals surface area contributed by atoms with Crippen molar-refractivity contribution in [3.63, 3.8) is 0 Å².